The molecule has 1 saturated carbocycles. The Balaban J connectivity index is 1.75. The minimum absolute atomic E-state index is 0.0619. The van der Waals surface area contributed by atoms with E-state index in [0.717, 1.165) is 12.8 Å². The van der Waals surface area contributed by atoms with Gasteiger partial charge in [-0.1, -0.05) is 0 Å². The highest BCUT2D eigenvalue weighted by molar-refractivity contribution is 5.94. The zero-order chi connectivity index (χ0) is 18.1. The Labute approximate surface area is 146 Å². The van der Waals surface area contributed by atoms with Gasteiger partial charge in [0, 0.05) is 24.2 Å². The number of benzene rings is 1. The molecule has 0 spiro atoms. The molecule has 1 aliphatic heterocycles. The standard InChI is InChI=1S/C19H23NO5/c1-11(21)13-5-6-17(25-2)14(7-13)8-18(22)20-9-15(12-3-4-12)16(10-20)19(23)24/h5-7,12,15-16H,3-4,8-10H2,1-2H3,(H,23,24)/t15-,16+/m1/s1. The predicted molar refractivity (Wildman–Crippen MR) is 90.6 cm³/mol. The molecule has 134 valence electrons. The van der Waals surface area contributed by atoms with Gasteiger partial charge < -0.3 is 14.7 Å². The summed E-state index contributed by atoms with van der Waals surface area (Å²) in [6.07, 6.45) is 2.23. The first-order chi connectivity index (χ1) is 11.9. The molecule has 0 unspecified atom stereocenters. The number of ketones is 1. The Kier molecular flexibility index (Phi) is 4.79. The minimum atomic E-state index is -0.816. The number of nitrogens with zero attached hydrogens (tertiary/aromatic N) is 1. The van der Waals surface area contributed by atoms with E-state index in [1.807, 2.05) is 0 Å². The van der Waals surface area contributed by atoms with Crippen LogP contribution in [-0.2, 0) is 16.0 Å². The lowest BCUT2D eigenvalue weighted by Crippen LogP contribution is -2.31. The van der Waals surface area contributed by atoms with Gasteiger partial charge in [-0.05, 0) is 49.8 Å². The first-order valence-corrected chi connectivity index (χ1v) is 8.59. The Morgan fingerprint density at radius 3 is 2.52 bits per heavy atom. The van der Waals surface area contributed by atoms with Crippen molar-refractivity contribution < 1.29 is 24.2 Å². The molecule has 6 nitrogen and oxygen atoms in total. The smallest absolute Gasteiger partial charge is 0.308 e. The Hall–Kier alpha value is -2.37. The van der Waals surface area contributed by atoms with Gasteiger partial charge in [0.25, 0.3) is 0 Å². The van der Waals surface area contributed by atoms with Crippen LogP contribution < -0.4 is 4.74 Å². The van der Waals surface area contributed by atoms with E-state index in [4.69, 9.17) is 4.74 Å². The van der Waals surface area contributed by atoms with Crippen molar-refractivity contribution in [1.82, 2.24) is 4.90 Å². The van der Waals surface area contributed by atoms with Crippen molar-refractivity contribution in [3.8, 4) is 5.75 Å². The van der Waals surface area contributed by atoms with Crippen molar-refractivity contribution in [3.63, 3.8) is 0 Å². The van der Waals surface area contributed by atoms with Gasteiger partial charge in [0.1, 0.15) is 5.75 Å². The van der Waals surface area contributed by atoms with Crippen LogP contribution in [0.1, 0.15) is 35.7 Å². The maximum atomic E-state index is 12.7. The maximum absolute atomic E-state index is 12.7. The van der Waals surface area contributed by atoms with Crippen molar-refractivity contribution >= 4 is 17.7 Å². The number of rotatable bonds is 6. The van der Waals surface area contributed by atoms with Crippen molar-refractivity contribution in [1.29, 1.82) is 0 Å². The van der Waals surface area contributed by atoms with Crippen LogP contribution in [0.4, 0.5) is 0 Å². The highest BCUT2D eigenvalue weighted by atomic mass is 16.5. The monoisotopic (exact) mass is 345 g/mol. The first-order valence-electron chi connectivity index (χ1n) is 8.59. The molecule has 6 heteroatoms. The lowest BCUT2D eigenvalue weighted by atomic mass is 9.92. The number of carbonyl (C=O) groups is 3. The highest BCUT2D eigenvalue weighted by Crippen LogP contribution is 2.44. The van der Waals surface area contributed by atoms with Crippen molar-refractivity contribution in [2.45, 2.75) is 26.2 Å². The second-order valence-corrected chi connectivity index (χ2v) is 7.00. The Morgan fingerprint density at radius 2 is 1.96 bits per heavy atom. The molecule has 1 saturated heterocycles. The highest BCUT2D eigenvalue weighted by Gasteiger charge is 2.46. The van der Waals surface area contributed by atoms with Crippen molar-refractivity contribution in [2.24, 2.45) is 17.8 Å². The normalized spacial score (nSPS) is 22.7. The number of Topliss-reactive ketones (excluding diaryl/α,β-unsaturated/α-hetero) is 1. The number of carboxylic acids is 1. The molecule has 1 aromatic carbocycles. The van der Waals surface area contributed by atoms with Crippen LogP contribution in [-0.4, -0.2) is 47.9 Å². The van der Waals surface area contributed by atoms with Crippen LogP contribution in [0, 0.1) is 17.8 Å². The molecule has 2 atom stereocenters. The predicted octanol–water partition coefficient (Wildman–Crippen LogP) is 2.01. The summed E-state index contributed by atoms with van der Waals surface area (Å²) in [5, 5.41) is 9.43. The van der Waals surface area contributed by atoms with Crippen LogP contribution in [0.2, 0.25) is 0 Å². The number of methoxy groups -OCH3 is 1. The fourth-order valence-corrected chi connectivity index (χ4v) is 3.71. The average molecular weight is 345 g/mol. The van der Waals surface area contributed by atoms with Gasteiger partial charge in [-0.2, -0.15) is 0 Å². The lowest BCUT2D eigenvalue weighted by molar-refractivity contribution is -0.142. The minimum Gasteiger partial charge on any atom is -0.496 e. The summed E-state index contributed by atoms with van der Waals surface area (Å²) in [4.78, 5) is 37.4. The van der Waals surface area contributed by atoms with Gasteiger partial charge >= 0.3 is 5.97 Å². The average Bonchev–Trinajstić information content (AvgIpc) is 3.32. The molecule has 3 rings (SSSR count). The van der Waals surface area contributed by atoms with Crippen LogP contribution in [0.5, 0.6) is 5.75 Å². The number of aliphatic carboxylic acids is 1. The van der Waals surface area contributed by atoms with E-state index in [0.29, 0.717) is 29.3 Å². The van der Waals surface area contributed by atoms with E-state index >= 15 is 0 Å². The van der Waals surface area contributed by atoms with Gasteiger partial charge in [-0.25, -0.2) is 0 Å². The molecular formula is C19H23NO5. The second kappa shape index (κ2) is 6.86. The fourth-order valence-electron chi connectivity index (χ4n) is 3.71. The third-order valence-electron chi connectivity index (χ3n) is 5.29. The molecule has 25 heavy (non-hydrogen) atoms. The molecular weight excluding hydrogens is 322 g/mol. The number of ether oxygens (including phenoxy) is 1. The van der Waals surface area contributed by atoms with E-state index in [-0.39, 0.29) is 30.6 Å². The second-order valence-electron chi connectivity index (χ2n) is 7.00. The number of hydrogen-bond donors (Lipinski definition) is 1. The van der Waals surface area contributed by atoms with E-state index in [1.165, 1.54) is 14.0 Å². The number of hydrogen-bond acceptors (Lipinski definition) is 4. The van der Waals surface area contributed by atoms with E-state index < -0.39 is 11.9 Å². The van der Waals surface area contributed by atoms with Crippen molar-refractivity contribution in [3.05, 3.63) is 29.3 Å². The van der Waals surface area contributed by atoms with Crippen LogP contribution in [0.3, 0.4) is 0 Å². The topological polar surface area (TPSA) is 83.9 Å². The Morgan fingerprint density at radius 1 is 1.24 bits per heavy atom. The van der Waals surface area contributed by atoms with E-state index in [1.54, 1.807) is 23.1 Å². The summed E-state index contributed by atoms with van der Waals surface area (Å²) in [6.45, 7) is 2.25. The summed E-state index contributed by atoms with van der Waals surface area (Å²) in [5.74, 6) is -0.414. The number of likely N-dealkylation sites (tertiary alicyclic amines) is 1. The first kappa shape index (κ1) is 17.5. The molecule has 1 N–H and O–H groups in total. The molecule has 2 fully saturated rings. The zero-order valence-corrected chi connectivity index (χ0v) is 14.5. The molecule has 1 amide bonds. The molecule has 0 bridgehead atoms. The molecule has 2 aliphatic rings. The summed E-state index contributed by atoms with van der Waals surface area (Å²) in [5.41, 5.74) is 1.19. The number of amides is 1. The van der Waals surface area contributed by atoms with Gasteiger partial charge in [0.05, 0.1) is 19.4 Å². The number of carbonyl (C=O) groups excluding carboxylic acids is 2. The lowest BCUT2D eigenvalue weighted by Gasteiger charge is -2.17. The van der Waals surface area contributed by atoms with Crippen LogP contribution in [0.15, 0.2) is 18.2 Å². The van der Waals surface area contributed by atoms with Gasteiger partial charge in [0.15, 0.2) is 5.78 Å². The van der Waals surface area contributed by atoms with Crippen LogP contribution in [0.25, 0.3) is 0 Å². The van der Waals surface area contributed by atoms with Crippen LogP contribution >= 0.6 is 0 Å². The van der Waals surface area contributed by atoms with E-state index in [2.05, 4.69) is 0 Å². The summed E-state index contributed by atoms with van der Waals surface area (Å²) in [6, 6.07) is 5.05. The van der Waals surface area contributed by atoms with Crippen molar-refractivity contribution in [2.75, 3.05) is 20.2 Å². The third kappa shape index (κ3) is 3.67. The Bertz CT molecular complexity index is 710. The summed E-state index contributed by atoms with van der Waals surface area (Å²) < 4.78 is 5.30. The summed E-state index contributed by atoms with van der Waals surface area (Å²) >= 11 is 0. The van der Waals surface area contributed by atoms with Gasteiger partial charge in [-0.3, -0.25) is 14.4 Å². The quantitative estimate of drug-likeness (QED) is 0.797. The zero-order valence-electron chi connectivity index (χ0n) is 14.5. The largest absolute Gasteiger partial charge is 0.496 e. The molecule has 0 radical (unpaired) electrons. The molecule has 0 aromatic heterocycles. The third-order valence-corrected chi connectivity index (χ3v) is 5.29. The molecule has 1 heterocycles. The van der Waals surface area contributed by atoms with Gasteiger partial charge in [0.2, 0.25) is 5.91 Å². The molecule has 1 aromatic rings. The molecule has 1 aliphatic carbocycles. The maximum Gasteiger partial charge on any atom is 0.308 e. The van der Waals surface area contributed by atoms with E-state index in [9.17, 15) is 19.5 Å². The number of carboxylic acid groups (broad SMARTS) is 1. The fraction of sp³-hybridized carbons (Fsp3) is 0.526. The SMILES string of the molecule is COc1ccc(C(C)=O)cc1CC(=O)N1C[C@H](C(=O)O)[C@@H](C2CC2)C1. The summed E-state index contributed by atoms with van der Waals surface area (Å²) in [7, 11) is 1.52. The van der Waals surface area contributed by atoms with Gasteiger partial charge in [-0.15, -0.1) is 0 Å².